The number of nitrogens with one attached hydrogen (secondary N) is 1. The molecule has 9 heteroatoms. The van der Waals surface area contributed by atoms with Crippen LogP contribution in [0, 0.1) is 5.92 Å². The van der Waals surface area contributed by atoms with E-state index in [-0.39, 0.29) is 22.9 Å². The molecule has 0 saturated carbocycles. The molecule has 1 unspecified atom stereocenters. The van der Waals surface area contributed by atoms with Gasteiger partial charge in [0, 0.05) is 25.9 Å². The molecule has 29 heavy (non-hydrogen) atoms. The number of aliphatic carboxylic acids is 1. The maximum absolute atomic E-state index is 12.9. The Hall–Kier alpha value is -2.39. The lowest BCUT2D eigenvalue weighted by Gasteiger charge is -2.33. The Morgan fingerprint density at radius 1 is 1.28 bits per heavy atom. The summed E-state index contributed by atoms with van der Waals surface area (Å²) >= 11 is 0. The van der Waals surface area contributed by atoms with E-state index in [1.54, 1.807) is 25.3 Å². The molecule has 160 valence electrons. The monoisotopic (exact) mass is 423 g/mol. The Morgan fingerprint density at radius 3 is 2.41 bits per heavy atom. The fraction of sp³-hybridized carbons (Fsp3) is 0.500. The van der Waals surface area contributed by atoms with Gasteiger partial charge in [-0.25, -0.2) is 8.42 Å². The zero-order valence-electron chi connectivity index (χ0n) is 17.2. The van der Waals surface area contributed by atoms with E-state index in [0.29, 0.717) is 13.0 Å². The highest BCUT2D eigenvalue weighted by atomic mass is 32.2. The lowest BCUT2D eigenvalue weighted by atomic mass is 10.00. The van der Waals surface area contributed by atoms with Gasteiger partial charge in [0.2, 0.25) is 15.9 Å². The molecule has 0 aromatic heterocycles. The van der Waals surface area contributed by atoms with Crippen molar-refractivity contribution in [3.05, 3.63) is 42.1 Å². The summed E-state index contributed by atoms with van der Waals surface area (Å²) in [6.07, 6.45) is 4.36. The van der Waals surface area contributed by atoms with E-state index >= 15 is 0 Å². The van der Waals surface area contributed by atoms with Gasteiger partial charge in [0.1, 0.15) is 12.2 Å². The second-order valence-corrected chi connectivity index (χ2v) is 9.25. The largest absolute Gasteiger partial charge is 0.480 e. The first-order chi connectivity index (χ1) is 13.6. The molecule has 0 aliphatic carbocycles. The van der Waals surface area contributed by atoms with Crippen molar-refractivity contribution in [1.82, 2.24) is 14.5 Å². The molecule has 0 spiro atoms. The molecule has 2 N–H and O–H groups in total. The van der Waals surface area contributed by atoms with Gasteiger partial charge in [-0.05, 0) is 30.0 Å². The lowest BCUT2D eigenvalue weighted by molar-refractivity contribution is -0.142. The van der Waals surface area contributed by atoms with Gasteiger partial charge in [-0.15, -0.1) is 0 Å². The fourth-order valence-corrected chi connectivity index (χ4v) is 4.75. The van der Waals surface area contributed by atoms with Crippen molar-refractivity contribution >= 4 is 21.9 Å². The van der Waals surface area contributed by atoms with Crippen LogP contribution in [0.1, 0.15) is 39.2 Å². The number of hydrogen-bond acceptors (Lipinski definition) is 5. The Balaban J connectivity index is 2.21. The van der Waals surface area contributed by atoms with E-state index < -0.39 is 22.0 Å². The molecular formula is C20H29N3O5S. The van der Waals surface area contributed by atoms with Gasteiger partial charge < -0.3 is 15.3 Å². The Kier molecular flexibility index (Phi) is 7.43. The molecule has 0 saturated heterocycles. The number of hydrogen-bond donors (Lipinski definition) is 2. The molecule has 0 bridgehead atoms. The number of carbonyl (C=O) groups excluding carboxylic acids is 1. The van der Waals surface area contributed by atoms with Crippen LogP contribution in [0.15, 0.2) is 41.4 Å². The summed E-state index contributed by atoms with van der Waals surface area (Å²) in [5.74, 6) is -1.61. The van der Waals surface area contributed by atoms with Crippen LogP contribution in [0.2, 0.25) is 0 Å². The van der Waals surface area contributed by atoms with Crippen LogP contribution in [-0.2, 0) is 26.2 Å². The molecule has 8 nitrogen and oxygen atoms in total. The third-order valence-electron chi connectivity index (χ3n) is 5.31. The first-order valence-electron chi connectivity index (χ1n) is 9.66. The highest BCUT2D eigenvalue weighted by Gasteiger charge is 2.36. The van der Waals surface area contributed by atoms with E-state index in [1.165, 1.54) is 25.3 Å². The lowest BCUT2D eigenvalue weighted by Crippen LogP contribution is -2.47. The Labute approximate surface area is 172 Å². The van der Waals surface area contributed by atoms with E-state index in [0.717, 1.165) is 16.3 Å². The van der Waals surface area contributed by atoms with Crippen molar-refractivity contribution < 1.29 is 23.1 Å². The molecule has 1 aromatic carbocycles. The zero-order valence-corrected chi connectivity index (χ0v) is 18.0. The molecule has 1 aromatic rings. The third kappa shape index (κ3) is 5.16. The molecular weight excluding hydrogens is 394 g/mol. The second-order valence-electron chi connectivity index (χ2n) is 7.25. The Bertz CT molecular complexity index is 867. The number of likely N-dealkylation sites (N-methyl/N-ethyl adjacent to an activating group) is 1. The van der Waals surface area contributed by atoms with Gasteiger partial charge in [-0.3, -0.25) is 9.59 Å². The van der Waals surface area contributed by atoms with Crippen LogP contribution >= 0.6 is 0 Å². The zero-order chi connectivity index (χ0) is 21.8. The minimum Gasteiger partial charge on any atom is -0.480 e. The summed E-state index contributed by atoms with van der Waals surface area (Å²) in [7, 11) is -2.64. The van der Waals surface area contributed by atoms with E-state index in [4.69, 9.17) is 0 Å². The fourth-order valence-electron chi connectivity index (χ4n) is 3.34. The SMILES string of the molecule is CCC1NC(=O)C=CN1Cc1ccc(S(=O)(=O)N(C)[C@H](C(=O)O)[C@@H](C)CC)cc1. The average molecular weight is 424 g/mol. The summed E-state index contributed by atoms with van der Waals surface area (Å²) in [5, 5.41) is 12.4. The molecule has 1 aliphatic rings. The molecule has 1 heterocycles. The minimum absolute atomic E-state index is 0.0489. The predicted octanol–water partition coefficient (Wildman–Crippen LogP) is 1.99. The number of benzene rings is 1. The summed E-state index contributed by atoms with van der Waals surface area (Å²) < 4.78 is 26.8. The van der Waals surface area contributed by atoms with Crippen molar-refractivity contribution in [3.63, 3.8) is 0 Å². The summed E-state index contributed by atoms with van der Waals surface area (Å²) in [6.45, 7) is 6.04. The molecule has 3 atom stereocenters. The quantitative estimate of drug-likeness (QED) is 0.629. The van der Waals surface area contributed by atoms with Crippen molar-refractivity contribution in [2.24, 2.45) is 5.92 Å². The average Bonchev–Trinajstić information content (AvgIpc) is 2.69. The van der Waals surface area contributed by atoms with Crippen molar-refractivity contribution in [2.45, 2.75) is 57.3 Å². The standard InChI is InChI=1S/C20H29N3O5S/c1-5-14(3)19(20(25)26)22(4)29(27,28)16-9-7-15(8-10-16)13-23-12-11-18(24)21-17(23)6-2/h7-12,14,17,19H,5-6,13H2,1-4H3,(H,21,24)(H,25,26)/t14-,17?,19-/m0/s1. The van der Waals surface area contributed by atoms with Crippen molar-refractivity contribution in [1.29, 1.82) is 0 Å². The second kappa shape index (κ2) is 9.41. The van der Waals surface area contributed by atoms with Crippen LogP contribution < -0.4 is 5.32 Å². The molecule has 0 fully saturated rings. The van der Waals surface area contributed by atoms with Gasteiger partial charge in [-0.2, -0.15) is 4.31 Å². The summed E-state index contributed by atoms with van der Waals surface area (Å²) in [5.41, 5.74) is 0.877. The number of amides is 1. The van der Waals surface area contributed by atoms with Gasteiger partial charge >= 0.3 is 5.97 Å². The maximum atomic E-state index is 12.9. The minimum atomic E-state index is -3.94. The third-order valence-corrected chi connectivity index (χ3v) is 7.16. The number of carbonyl (C=O) groups is 2. The smallest absolute Gasteiger partial charge is 0.322 e. The normalized spacial score (nSPS) is 19.1. The van der Waals surface area contributed by atoms with Crippen LogP contribution in [-0.4, -0.2) is 53.9 Å². The van der Waals surface area contributed by atoms with E-state index in [1.807, 2.05) is 18.7 Å². The van der Waals surface area contributed by atoms with E-state index in [2.05, 4.69) is 5.32 Å². The van der Waals surface area contributed by atoms with Crippen LogP contribution in [0.3, 0.4) is 0 Å². The van der Waals surface area contributed by atoms with Crippen LogP contribution in [0.4, 0.5) is 0 Å². The molecule has 2 rings (SSSR count). The summed E-state index contributed by atoms with van der Waals surface area (Å²) in [4.78, 5) is 25.1. The predicted molar refractivity (Wildman–Crippen MR) is 109 cm³/mol. The molecule has 0 radical (unpaired) electrons. The number of carboxylic acids is 1. The highest BCUT2D eigenvalue weighted by molar-refractivity contribution is 7.89. The van der Waals surface area contributed by atoms with E-state index in [9.17, 15) is 23.1 Å². The number of carboxylic acid groups (broad SMARTS) is 1. The number of rotatable bonds is 9. The van der Waals surface area contributed by atoms with Crippen LogP contribution in [0.5, 0.6) is 0 Å². The van der Waals surface area contributed by atoms with Crippen molar-refractivity contribution in [2.75, 3.05) is 7.05 Å². The molecule has 1 amide bonds. The number of nitrogens with zero attached hydrogens (tertiary/aromatic N) is 2. The topological polar surface area (TPSA) is 107 Å². The van der Waals surface area contributed by atoms with Crippen molar-refractivity contribution in [3.8, 4) is 0 Å². The van der Waals surface area contributed by atoms with Gasteiger partial charge in [-0.1, -0.05) is 39.3 Å². The number of sulfonamides is 1. The van der Waals surface area contributed by atoms with Gasteiger partial charge in [0.25, 0.3) is 0 Å². The Morgan fingerprint density at radius 2 is 1.90 bits per heavy atom. The highest BCUT2D eigenvalue weighted by Crippen LogP contribution is 2.23. The summed E-state index contributed by atoms with van der Waals surface area (Å²) in [6, 6.07) is 5.26. The maximum Gasteiger partial charge on any atom is 0.322 e. The van der Waals surface area contributed by atoms with Crippen LogP contribution in [0.25, 0.3) is 0 Å². The van der Waals surface area contributed by atoms with Gasteiger partial charge in [0.15, 0.2) is 0 Å². The first kappa shape index (κ1) is 22.9. The molecule has 1 aliphatic heterocycles. The van der Waals surface area contributed by atoms with Gasteiger partial charge in [0.05, 0.1) is 4.90 Å². The first-order valence-corrected chi connectivity index (χ1v) is 11.1.